The molecule has 0 aliphatic carbocycles. The largest absolute Gasteiger partial charge is 0.497 e. The van der Waals surface area contributed by atoms with Crippen LogP contribution in [0.2, 0.25) is 0 Å². The monoisotopic (exact) mass is 1330 g/mol. The Bertz CT molecular complexity index is 4350. The normalized spacial score (nSPS) is 9.85. The van der Waals surface area contributed by atoms with Crippen molar-refractivity contribution in [2.45, 2.75) is 0 Å². The van der Waals surface area contributed by atoms with Crippen LogP contribution in [-0.2, 0) is 21.6 Å². The molecule has 22 nitrogen and oxygen atoms in total. The van der Waals surface area contributed by atoms with Gasteiger partial charge in [-0.05, 0) is 48.5 Å². The molecule has 0 radical (unpaired) electrons. The van der Waals surface area contributed by atoms with E-state index in [1.54, 1.807) is 159 Å². The van der Waals surface area contributed by atoms with Gasteiger partial charge in [0.2, 0.25) is 0 Å². The Kier molecular flexibility index (Phi) is 27.0. The summed E-state index contributed by atoms with van der Waals surface area (Å²) in [7, 11) is 18.3. The first kappa shape index (κ1) is 74.3. The third kappa shape index (κ3) is 15.7. The molecule has 10 rings (SSSR count). The summed E-state index contributed by atoms with van der Waals surface area (Å²) in [6.07, 6.45) is 6.56. The van der Waals surface area contributed by atoms with Crippen molar-refractivity contribution in [1.29, 1.82) is 42.1 Å². The van der Waals surface area contributed by atoms with Gasteiger partial charge in [0.15, 0.2) is 46.0 Å². The minimum atomic E-state index is -0.611. The zero-order chi connectivity index (χ0) is 71.1. The van der Waals surface area contributed by atoms with Crippen LogP contribution in [0.25, 0.3) is 86.9 Å². The summed E-state index contributed by atoms with van der Waals surface area (Å²) in [5.41, 5.74) is 0.00746. The van der Waals surface area contributed by atoms with Crippen LogP contribution in [0, 0.1) is 90.6 Å². The van der Waals surface area contributed by atoms with E-state index in [0.29, 0.717) is 89.9 Å². The molecule has 488 valence electrons. The van der Waals surface area contributed by atoms with E-state index < -0.39 is 21.6 Å². The molecule has 0 aliphatic heterocycles. The van der Waals surface area contributed by atoms with E-state index in [1.807, 2.05) is 48.5 Å². The Morgan fingerprint density at radius 2 is 0.365 bits per heavy atom. The highest BCUT2D eigenvalue weighted by Gasteiger charge is 2.29. The average Bonchev–Trinajstić information content (AvgIpc) is 0.719. The molecular formula is C72H64N8O14S2. The summed E-state index contributed by atoms with van der Waals surface area (Å²) in [6, 6.07) is 41.9. The molecule has 0 N–H and O–H groups in total. The maximum atomic E-state index is 9.56. The standard InChI is InChI=1S/2C22H22O6.2C12H4N4.2C2H6OS/c2*1-23-11-7-13-17-14(8-11)20(26-4)22(28-6)16-10-12(24-2)9-15(18(16)17)21(27-5)19(13)25-3;2*13-5-11(6-14)9-1-2-10(4-3-9)12(7-15)8-16;2*1-4(2)3/h2*7-10H,1-6H3;2*1-4H;2*1-2H3. The van der Waals surface area contributed by atoms with Crippen LogP contribution < -0.4 is 77.7 Å². The van der Waals surface area contributed by atoms with Gasteiger partial charge in [-0.1, -0.05) is 48.5 Å². The van der Waals surface area contributed by atoms with E-state index in [-0.39, 0.29) is 22.3 Å². The molecule has 10 aromatic carbocycles. The maximum Gasteiger partial charge on any atom is 0.169 e. The second-order valence-electron chi connectivity index (χ2n) is 19.7. The van der Waals surface area contributed by atoms with E-state index in [0.717, 1.165) is 64.6 Å². The molecule has 0 atom stereocenters. The van der Waals surface area contributed by atoms with Gasteiger partial charge in [-0.15, -0.1) is 0 Å². The van der Waals surface area contributed by atoms with Crippen molar-refractivity contribution in [3.8, 4) is 118 Å². The van der Waals surface area contributed by atoms with E-state index >= 15 is 0 Å². The molecule has 0 aromatic heterocycles. The lowest BCUT2D eigenvalue weighted by molar-refractivity contribution is 0.359. The third-order valence-corrected chi connectivity index (χ3v) is 14.1. The fourth-order valence-corrected chi connectivity index (χ4v) is 10.3. The number of rotatable bonds is 12. The number of nitriles is 8. The molecular weight excluding hydrogens is 1260 g/mol. The second kappa shape index (κ2) is 34.8. The molecule has 0 fully saturated rings. The van der Waals surface area contributed by atoms with Gasteiger partial charge in [-0.2, -0.15) is 42.1 Å². The summed E-state index contributed by atoms with van der Waals surface area (Å²) < 4.78 is 87.3. The van der Waals surface area contributed by atoms with Gasteiger partial charge in [0, 0.05) is 132 Å². The second-order valence-corrected chi connectivity index (χ2v) is 22.7. The van der Waals surface area contributed by atoms with Crippen molar-refractivity contribution >= 4 is 109 Å². The van der Waals surface area contributed by atoms with Crippen molar-refractivity contribution in [1.82, 2.24) is 0 Å². The Balaban J connectivity index is 0.000000229. The maximum absolute atomic E-state index is 9.56. The van der Waals surface area contributed by atoms with Crippen LogP contribution in [0.3, 0.4) is 0 Å². The van der Waals surface area contributed by atoms with Crippen molar-refractivity contribution in [3.63, 3.8) is 0 Å². The van der Waals surface area contributed by atoms with Crippen LogP contribution in [0.1, 0.15) is 0 Å². The molecule has 0 bridgehead atoms. The first-order valence-corrected chi connectivity index (χ1v) is 31.8. The fraction of sp³-hybridized carbons (Fsp3) is 0.222. The fourth-order valence-electron chi connectivity index (χ4n) is 10.3. The van der Waals surface area contributed by atoms with Gasteiger partial charge in [0.25, 0.3) is 0 Å². The first-order valence-electron chi connectivity index (χ1n) is 27.9. The third-order valence-electron chi connectivity index (χ3n) is 14.1. The molecule has 96 heavy (non-hydrogen) atoms. The average molecular weight is 1330 g/mol. The SMILES string of the molecule is COc1cc2c(OC)c(OC)c3cc(OC)cc4c(OC)c(OC)c(c1)c2c34.COc1cc2c(OC)c(OC)c3cc(OC)cc4c(OC)c(OC)c(c1)c2c34.CS(C)=O.CS(C)=O.N#CC(C#N)=c1ccc(=C(C#N)C#N)cc1.N#CC(C#N)=c1ccc(=C(C#N)C#N)cc1. The molecule has 10 aromatic rings. The lowest BCUT2D eigenvalue weighted by Gasteiger charge is -2.22. The predicted molar refractivity (Wildman–Crippen MR) is 369 cm³/mol. The summed E-state index contributed by atoms with van der Waals surface area (Å²) in [6.45, 7) is 0. The topological polar surface area (TPSA) is 335 Å². The van der Waals surface area contributed by atoms with Gasteiger partial charge in [0.05, 0.1) is 85.3 Å². The zero-order valence-corrected chi connectivity index (χ0v) is 57.0. The zero-order valence-electron chi connectivity index (χ0n) is 55.3. The molecule has 24 heteroatoms. The number of hydrogen-bond donors (Lipinski definition) is 0. The molecule has 0 heterocycles. The Morgan fingerprint density at radius 3 is 0.448 bits per heavy atom. The van der Waals surface area contributed by atoms with E-state index in [2.05, 4.69) is 0 Å². The van der Waals surface area contributed by atoms with E-state index in [1.165, 1.54) is 48.5 Å². The quantitative estimate of drug-likeness (QED) is 0.103. The van der Waals surface area contributed by atoms with Crippen molar-refractivity contribution in [3.05, 3.63) is 118 Å². The van der Waals surface area contributed by atoms with Gasteiger partial charge >= 0.3 is 0 Å². The van der Waals surface area contributed by atoms with E-state index in [4.69, 9.17) is 98.9 Å². The smallest absolute Gasteiger partial charge is 0.169 e. The number of methoxy groups -OCH3 is 12. The van der Waals surface area contributed by atoms with Crippen molar-refractivity contribution in [2.24, 2.45) is 0 Å². The van der Waals surface area contributed by atoms with Crippen LogP contribution in [0.4, 0.5) is 0 Å². The van der Waals surface area contributed by atoms with Gasteiger partial charge in [-0.3, -0.25) is 8.42 Å². The van der Waals surface area contributed by atoms with Crippen LogP contribution >= 0.6 is 0 Å². The van der Waals surface area contributed by atoms with Gasteiger partial charge < -0.3 is 56.8 Å². The Morgan fingerprint density at radius 1 is 0.250 bits per heavy atom. The van der Waals surface area contributed by atoms with Gasteiger partial charge in [-0.25, -0.2) is 0 Å². The van der Waals surface area contributed by atoms with Crippen molar-refractivity contribution < 1.29 is 65.3 Å². The van der Waals surface area contributed by atoms with Crippen LogP contribution in [-0.4, -0.2) is 119 Å². The highest BCUT2D eigenvalue weighted by atomic mass is 32.2. The Labute approximate surface area is 558 Å². The minimum absolute atomic E-state index is 0.00187. The molecule has 0 saturated heterocycles. The number of ether oxygens (including phenoxy) is 12. The predicted octanol–water partition coefficient (Wildman–Crippen LogP) is 9.43. The molecule has 0 unspecified atom stereocenters. The van der Waals surface area contributed by atoms with Crippen LogP contribution in [0.5, 0.6) is 69.0 Å². The lowest BCUT2D eigenvalue weighted by atomic mass is 9.91. The summed E-state index contributed by atoms with van der Waals surface area (Å²) in [5, 5.41) is 81.9. The van der Waals surface area contributed by atoms with Crippen molar-refractivity contribution in [2.75, 3.05) is 110 Å². The first-order chi connectivity index (χ1) is 46.2. The minimum Gasteiger partial charge on any atom is -0.497 e. The van der Waals surface area contributed by atoms with E-state index in [9.17, 15) is 8.42 Å². The summed E-state index contributed by atoms with van der Waals surface area (Å²) in [5.74, 6) is 7.74. The Hall–Kier alpha value is -12.4. The molecule has 0 spiro atoms. The molecule has 0 saturated carbocycles. The van der Waals surface area contributed by atoms with Gasteiger partial charge in [0.1, 0.15) is 93.8 Å². The number of hydrogen-bond acceptors (Lipinski definition) is 22. The number of benzene rings is 10. The summed E-state index contributed by atoms with van der Waals surface area (Å²) >= 11 is 0. The highest BCUT2D eigenvalue weighted by Crippen LogP contribution is 2.57. The molecule has 0 amide bonds. The van der Waals surface area contributed by atoms with Crippen LogP contribution in [0.15, 0.2) is 97.1 Å². The highest BCUT2D eigenvalue weighted by molar-refractivity contribution is 7.83. The lowest BCUT2D eigenvalue weighted by Crippen LogP contribution is -2.11. The molecule has 0 aliphatic rings. The number of nitrogens with zero attached hydrogens (tertiary/aromatic N) is 8. The summed E-state index contributed by atoms with van der Waals surface area (Å²) in [4.78, 5) is 0.